The Balaban J connectivity index is 1.52. The smallest absolute Gasteiger partial charge is 0.373 e. The summed E-state index contributed by atoms with van der Waals surface area (Å²) >= 11 is 0. The van der Waals surface area contributed by atoms with Crippen LogP contribution >= 0.6 is 0 Å². The number of halogens is 5. The largest absolute Gasteiger partial charge is 0.416 e. The average molecular weight is 506 g/mol. The molecule has 2 amide bonds. The third-order valence-corrected chi connectivity index (χ3v) is 6.40. The maximum Gasteiger partial charge on any atom is 0.416 e. The van der Waals surface area contributed by atoms with E-state index < -0.39 is 34.7 Å². The molecule has 0 aliphatic carbocycles. The minimum Gasteiger partial charge on any atom is -0.373 e. The van der Waals surface area contributed by atoms with E-state index in [-0.39, 0.29) is 30.6 Å². The average Bonchev–Trinajstić information content (AvgIpc) is 2.75. The molecule has 196 valence electrons. The minimum absolute atomic E-state index is 0.0318. The number of piperidine rings is 1. The van der Waals surface area contributed by atoms with E-state index in [4.69, 9.17) is 4.74 Å². The van der Waals surface area contributed by atoms with Crippen LogP contribution in [0.2, 0.25) is 0 Å². The number of likely N-dealkylation sites (tertiary alicyclic amines) is 1. The zero-order valence-corrected chi connectivity index (χ0v) is 20.1. The van der Waals surface area contributed by atoms with Crippen LogP contribution in [0.15, 0.2) is 18.2 Å². The molecule has 0 aromatic heterocycles. The van der Waals surface area contributed by atoms with Crippen LogP contribution in [0.25, 0.3) is 0 Å². The molecule has 1 aromatic carbocycles. The Morgan fingerprint density at radius 1 is 1.00 bits per heavy atom. The number of hydrogen-bond acceptors (Lipinski definition) is 4. The fraction of sp³-hybridized carbons (Fsp3) is 0.667. The molecule has 0 saturated carbocycles. The Bertz CT molecular complexity index is 868. The number of hydrogen-bond donors (Lipinski definition) is 1. The summed E-state index contributed by atoms with van der Waals surface area (Å²) in [6, 6.07) is 1.74. The highest BCUT2D eigenvalue weighted by Gasteiger charge is 2.35. The number of carbonyl (C=O) groups excluding carboxylic acids is 2. The van der Waals surface area contributed by atoms with Gasteiger partial charge in [0.1, 0.15) is 0 Å². The number of carbonyl (C=O) groups is 2. The molecular weight excluding hydrogens is 473 g/mol. The van der Waals surface area contributed by atoms with Gasteiger partial charge in [-0.15, -0.1) is 0 Å². The zero-order valence-electron chi connectivity index (χ0n) is 20.1. The molecule has 11 heteroatoms. The van der Waals surface area contributed by atoms with Crippen molar-refractivity contribution in [3.63, 3.8) is 0 Å². The highest BCUT2D eigenvalue weighted by atomic mass is 19.4. The Morgan fingerprint density at radius 3 is 2.11 bits per heavy atom. The molecule has 2 aliphatic heterocycles. The second-order valence-electron chi connectivity index (χ2n) is 9.67. The highest BCUT2D eigenvalue weighted by Crippen LogP contribution is 2.35. The number of benzene rings is 1. The molecule has 0 radical (unpaired) electrons. The second kappa shape index (κ2) is 10.8. The minimum atomic E-state index is -4.85. The Labute approximate surface area is 201 Å². The van der Waals surface area contributed by atoms with Crippen LogP contribution < -0.4 is 5.32 Å². The summed E-state index contributed by atoms with van der Waals surface area (Å²) in [7, 11) is 0. The number of alkyl halides is 5. The van der Waals surface area contributed by atoms with Gasteiger partial charge in [0.05, 0.1) is 24.3 Å². The number of ether oxygens (including phenoxy) is 1. The lowest BCUT2D eigenvalue weighted by atomic mass is 9.96. The lowest BCUT2D eigenvalue weighted by Crippen LogP contribution is -2.51. The first-order valence-corrected chi connectivity index (χ1v) is 11.8. The number of morpholine rings is 1. The molecule has 2 heterocycles. The van der Waals surface area contributed by atoms with Crippen molar-refractivity contribution in [1.82, 2.24) is 15.1 Å². The van der Waals surface area contributed by atoms with Crippen LogP contribution in [-0.4, -0.2) is 73.1 Å². The molecule has 6 nitrogen and oxygen atoms in total. The summed E-state index contributed by atoms with van der Waals surface area (Å²) < 4.78 is 72.5. The fourth-order valence-corrected chi connectivity index (χ4v) is 4.61. The van der Waals surface area contributed by atoms with Crippen LogP contribution in [0.4, 0.5) is 22.0 Å². The summed E-state index contributed by atoms with van der Waals surface area (Å²) in [6.07, 6.45) is -3.46. The molecule has 2 atom stereocenters. The van der Waals surface area contributed by atoms with Crippen molar-refractivity contribution in [3.05, 3.63) is 34.9 Å². The summed E-state index contributed by atoms with van der Waals surface area (Å²) in [5.74, 6) is -4.29. The van der Waals surface area contributed by atoms with Crippen LogP contribution in [0.3, 0.4) is 0 Å². The fourth-order valence-electron chi connectivity index (χ4n) is 4.61. The quantitative estimate of drug-likeness (QED) is 0.596. The molecule has 2 fully saturated rings. The predicted octanol–water partition coefficient (Wildman–Crippen LogP) is 3.89. The Hall–Kier alpha value is -2.27. The van der Waals surface area contributed by atoms with Crippen molar-refractivity contribution in [2.45, 2.75) is 57.9 Å². The van der Waals surface area contributed by atoms with Crippen LogP contribution in [0.1, 0.15) is 55.1 Å². The highest BCUT2D eigenvalue weighted by molar-refractivity contribution is 5.94. The molecule has 2 saturated heterocycles. The molecule has 1 N–H and O–H groups in total. The van der Waals surface area contributed by atoms with Gasteiger partial charge in [0.2, 0.25) is 5.91 Å². The lowest BCUT2D eigenvalue weighted by molar-refractivity contribution is -0.138. The summed E-state index contributed by atoms with van der Waals surface area (Å²) in [6.45, 7) is 7.36. The Kier molecular flexibility index (Phi) is 8.41. The van der Waals surface area contributed by atoms with E-state index in [1.165, 1.54) is 0 Å². The maximum absolute atomic E-state index is 13.7. The number of rotatable bonds is 6. The van der Waals surface area contributed by atoms with Crippen molar-refractivity contribution < 1.29 is 36.3 Å². The molecule has 1 unspecified atom stereocenters. The van der Waals surface area contributed by atoms with Gasteiger partial charge >= 0.3 is 6.18 Å². The van der Waals surface area contributed by atoms with Gasteiger partial charge in [-0.25, -0.2) is 8.78 Å². The van der Waals surface area contributed by atoms with Crippen molar-refractivity contribution in [3.8, 4) is 0 Å². The molecule has 35 heavy (non-hydrogen) atoms. The first-order chi connectivity index (χ1) is 16.2. The van der Waals surface area contributed by atoms with E-state index in [9.17, 15) is 31.5 Å². The van der Waals surface area contributed by atoms with E-state index in [1.807, 2.05) is 13.8 Å². The van der Waals surface area contributed by atoms with Gasteiger partial charge in [-0.05, 0) is 50.8 Å². The van der Waals surface area contributed by atoms with Gasteiger partial charge in [0.25, 0.3) is 11.8 Å². The van der Waals surface area contributed by atoms with Crippen molar-refractivity contribution >= 4 is 11.8 Å². The second-order valence-corrected chi connectivity index (χ2v) is 9.67. The van der Waals surface area contributed by atoms with Gasteiger partial charge in [-0.3, -0.25) is 14.5 Å². The van der Waals surface area contributed by atoms with E-state index >= 15 is 0 Å². The maximum atomic E-state index is 13.7. The third-order valence-electron chi connectivity index (χ3n) is 6.40. The lowest BCUT2D eigenvalue weighted by Gasteiger charge is -2.37. The van der Waals surface area contributed by atoms with Gasteiger partial charge in [-0.1, -0.05) is 0 Å². The number of nitrogens with one attached hydrogen (secondary N) is 1. The molecule has 2 aliphatic rings. The standard InChI is InChI=1S/C24H32F5N3O3/c1-15-12-31(13-16(2)35-15)14-21(33)32-6-4-17(5-7-32)11-30-22(34)18-8-19(23(3,25)26)10-20(9-18)24(27,28)29/h8-10,15-17H,4-7,11-14H2,1-3H3,(H,30,34)/t15-,16?/m1/s1. The van der Waals surface area contributed by atoms with Gasteiger partial charge in [0.15, 0.2) is 0 Å². The normalized spacial score (nSPS) is 22.8. The van der Waals surface area contributed by atoms with E-state index in [0.717, 1.165) is 6.07 Å². The molecule has 0 bridgehead atoms. The molecular formula is C24H32F5N3O3. The number of amides is 2. The first-order valence-electron chi connectivity index (χ1n) is 11.8. The predicted molar refractivity (Wildman–Crippen MR) is 119 cm³/mol. The Morgan fingerprint density at radius 2 is 1.57 bits per heavy atom. The zero-order chi connectivity index (χ0) is 26.0. The van der Waals surface area contributed by atoms with Crippen LogP contribution in [0, 0.1) is 5.92 Å². The van der Waals surface area contributed by atoms with E-state index in [1.54, 1.807) is 4.90 Å². The molecule has 0 spiro atoms. The SMILES string of the molecule is CC1CN(CC(=O)N2CCC(CNC(=O)c3cc(C(C)(F)F)cc(C(F)(F)F)c3)CC2)C[C@@H](C)O1. The van der Waals surface area contributed by atoms with Gasteiger partial charge < -0.3 is 15.0 Å². The van der Waals surface area contributed by atoms with Gasteiger partial charge in [-0.2, -0.15) is 13.2 Å². The summed E-state index contributed by atoms with van der Waals surface area (Å²) in [5.41, 5.74) is -2.62. The van der Waals surface area contributed by atoms with E-state index in [0.29, 0.717) is 64.6 Å². The van der Waals surface area contributed by atoms with Crippen molar-refractivity contribution in [2.75, 3.05) is 39.3 Å². The van der Waals surface area contributed by atoms with Crippen LogP contribution in [0.5, 0.6) is 0 Å². The summed E-state index contributed by atoms with van der Waals surface area (Å²) in [4.78, 5) is 29.0. The molecule has 3 rings (SSSR count). The first kappa shape index (κ1) is 27.3. The van der Waals surface area contributed by atoms with Crippen molar-refractivity contribution in [2.24, 2.45) is 5.92 Å². The van der Waals surface area contributed by atoms with Crippen molar-refractivity contribution in [1.29, 1.82) is 0 Å². The number of nitrogens with zero attached hydrogens (tertiary/aromatic N) is 2. The summed E-state index contributed by atoms with van der Waals surface area (Å²) in [5, 5.41) is 2.57. The third kappa shape index (κ3) is 7.60. The van der Waals surface area contributed by atoms with Crippen LogP contribution in [-0.2, 0) is 21.6 Å². The topological polar surface area (TPSA) is 61.9 Å². The molecule has 1 aromatic rings. The van der Waals surface area contributed by atoms with Gasteiger partial charge in [0, 0.05) is 50.8 Å². The monoisotopic (exact) mass is 505 g/mol. The van der Waals surface area contributed by atoms with E-state index in [2.05, 4.69) is 10.2 Å².